The minimum Gasteiger partial charge on any atom is -0.493 e. The number of rotatable bonds is 7. The molecule has 2 rings (SSSR count). The van der Waals surface area contributed by atoms with E-state index in [1.165, 1.54) is 11.1 Å². The molecule has 7 nitrogen and oxygen atoms in total. The Morgan fingerprint density at radius 3 is 2.56 bits per heavy atom. The SMILES string of the molecule is COc1cc2c(cc1OC)CN(C[C@H](C)NC(=O)CNO)CCCC2. The molecule has 1 aromatic rings. The van der Waals surface area contributed by atoms with Crippen molar-refractivity contribution in [3.8, 4) is 11.5 Å². The Balaban J connectivity index is 2.09. The van der Waals surface area contributed by atoms with Gasteiger partial charge < -0.3 is 20.0 Å². The molecule has 0 unspecified atom stereocenters. The average molecular weight is 351 g/mol. The quantitative estimate of drug-likeness (QED) is 0.643. The highest BCUT2D eigenvalue weighted by atomic mass is 16.5. The summed E-state index contributed by atoms with van der Waals surface area (Å²) in [4.78, 5) is 13.9. The summed E-state index contributed by atoms with van der Waals surface area (Å²) in [6, 6.07) is 4.14. The first-order chi connectivity index (χ1) is 12.1. The van der Waals surface area contributed by atoms with Gasteiger partial charge in [-0.25, -0.2) is 0 Å². The molecule has 0 saturated carbocycles. The Labute approximate surface area is 149 Å². The zero-order valence-corrected chi connectivity index (χ0v) is 15.3. The van der Waals surface area contributed by atoms with Gasteiger partial charge in [-0.05, 0) is 56.0 Å². The molecule has 1 heterocycles. The van der Waals surface area contributed by atoms with Crippen molar-refractivity contribution in [3.05, 3.63) is 23.3 Å². The van der Waals surface area contributed by atoms with E-state index in [4.69, 9.17) is 14.7 Å². The molecule has 1 aliphatic rings. The van der Waals surface area contributed by atoms with Crippen molar-refractivity contribution in [1.29, 1.82) is 0 Å². The number of hydroxylamine groups is 1. The first-order valence-electron chi connectivity index (χ1n) is 8.69. The largest absolute Gasteiger partial charge is 0.493 e. The highest BCUT2D eigenvalue weighted by Gasteiger charge is 2.19. The highest BCUT2D eigenvalue weighted by Crippen LogP contribution is 2.32. The van der Waals surface area contributed by atoms with Crippen LogP contribution in [0.3, 0.4) is 0 Å². The van der Waals surface area contributed by atoms with Gasteiger partial charge in [0.15, 0.2) is 11.5 Å². The van der Waals surface area contributed by atoms with Crippen LogP contribution < -0.4 is 20.3 Å². The molecule has 0 spiro atoms. The smallest absolute Gasteiger partial charge is 0.236 e. The Morgan fingerprint density at radius 1 is 1.24 bits per heavy atom. The van der Waals surface area contributed by atoms with Crippen molar-refractivity contribution in [2.24, 2.45) is 0 Å². The maximum atomic E-state index is 11.6. The predicted molar refractivity (Wildman–Crippen MR) is 95.2 cm³/mol. The molecule has 0 aromatic heterocycles. The van der Waals surface area contributed by atoms with Crippen LogP contribution in [0.15, 0.2) is 12.1 Å². The van der Waals surface area contributed by atoms with Crippen molar-refractivity contribution in [3.63, 3.8) is 0 Å². The lowest BCUT2D eigenvalue weighted by Crippen LogP contribution is -2.44. The fraction of sp³-hybridized carbons (Fsp3) is 0.611. The van der Waals surface area contributed by atoms with Crippen LogP contribution in [0.1, 0.15) is 30.9 Å². The van der Waals surface area contributed by atoms with Gasteiger partial charge in [-0.3, -0.25) is 9.69 Å². The minimum atomic E-state index is -0.214. The Kier molecular flexibility index (Phi) is 7.49. The molecule has 140 valence electrons. The van der Waals surface area contributed by atoms with E-state index in [-0.39, 0.29) is 18.5 Å². The summed E-state index contributed by atoms with van der Waals surface area (Å²) in [7, 11) is 3.31. The van der Waals surface area contributed by atoms with Crippen LogP contribution >= 0.6 is 0 Å². The summed E-state index contributed by atoms with van der Waals surface area (Å²) in [5, 5.41) is 11.5. The van der Waals surface area contributed by atoms with Crippen LogP contribution in [0.2, 0.25) is 0 Å². The number of aryl methyl sites for hydroxylation is 1. The van der Waals surface area contributed by atoms with E-state index in [2.05, 4.69) is 22.3 Å². The molecule has 0 bridgehead atoms. The summed E-state index contributed by atoms with van der Waals surface area (Å²) in [6.45, 7) is 4.44. The lowest BCUT2D eigenvalue weighted by Gasteiger charge is -2.29. The lowest BCUT2D eigenvalue weighted by atomic mass is 9.98. The molecule has 3 N–H and O–H groups in total. The molecule has 1 aromatic carbocycles. The third kappa shape index (κ3) is 5.59. The Bertz CT molecular complexity index is 580. The van der Waals surface area contributed by atoms with Crippen LogP contribution in [0.25, 0.3) is 0 Å². The number of benzene rings is 1. The third-order valence-electron chi connectivity index (χ3n) is 4.45. The first-order valence-corrected chi connectivity index (χ1v) is 8.69. The molecule has 7 heteroatoms. The van der Waals surface area contributed by atoms with Gasteiger partial charge in [0.05, 0.1) is 20.8 Å². The Morgan fingerprint density at radius 2 is 1.92 bits per heavy atom. The number of nitrogens with zero attached hydrogens (tertiary/aromatic N) is 1. The second kappa shape index (κ2) is 9.60. The number of nitrogens with one attached hydrogen (secondary N) is 2. The lowest BCUT2D eigenvalue weighted by molar-refractivity contribution is -0.122. The maximum absolute atomic E-state index is 11.6. The van der Waals surface area contributed by atoms with Gasteiger partial charge in [0.25, 0.3) is 0 Å². The van der Waals surface area contributed by atoms with E-state index in [9.17, 15) is 4.79 Å². The fourth-order valence-corrected chi connectivity index (χ4v) is 3.30. The van der Waals surface area contributed by atoms with E-state index < -0.39 is 0 Å². The van der Waals surface area contributed by atoms with Gasteiger partial charge in [-0.2, -0.15) is 5.48 Å². The number of ether oxygens (including phenoxy) is 2. The van der Waals surface area contributed by atoms with Gasteiger partial charge in [-0.15, -0.1) is 0 Å². The standard InChI is InChI=1S/C18H29N3O4/c1-13(20-18(22)10-19-23)11-21-7-5-4-6-14-8-16(24-2)17(25-3)9-15(14)12-21/h8-9,13,19,23H,4-7,10-12H2,1-3H3,(H,20,22)/t13-/m0/s1. The monoisotopic (exact) mass is 351 g/mol. The zero-order valence-electron chi connectivity index (χ0n) is 15.3. The van der Waals surface area contributed by atoms with Crippen LogP contribution in [0.4, 0.5) is 0 Å². The van der Waals surface area contributed by atoms with Crippen LogP contribution in [0, 0.1) is 0 Å². The van der Waals surface area contributed by atoms with Crippen molar-refractivity contribution in [2.75, 3.05) is 33.9 Å². The summed E-state index contributed by atoms with van der Waals surface area (Å²) < 4.78 is 10.9. The number of carbonyl (C=O) groups is 1. The predicted octanol–water partition coefficient (Wildman–Crippen LogP) is 1.33. The van der Waals surface area contributed by atoms with E-state index in [1.54, 1.807) is 14.2 Å². The molecule has 0 saturated heterocycles. The van der Waals surface area contributed by atoms with Gasteiger partial charge in [-0.1, -0.05) is 0 Å². The second-order valence-electron chi connectivity index (χ2n) is 6.47. The number of hydrogen-bond donors (Lipinski definition) is 3. The molecule has 1 atom stereocenters. The van der Waals surface area contributed by atoms with Crippen LogP contribution in [-0.4, -0.2) is 55.9 Å². The van der Waals surface area contributed by atoms with Crippen LogP contribution in [0.5, 0.6) is 11.5 Å². The van der Waals surface area contributed by atoms with Gasteiger partial charge >= 0.3 is 0 Å². The van der Waals surface area contributed by atoms with Crippen LogP contribution in [-0.2, 0) is 17.8 Å². The summed E-state index contributed by atoms with van der Waals surface area (Å²) in [5.41, 5.74) is 4.42. The number of fused-ring (bicyclic) bond motifs is 1. The number of carbonyl (C=O) groups excluding carboxylic acids is 1. The van der Waals surface area contributed by atoms with Crippen molar-refractivity contribution >= 4 is 5.91 Å². The summed E-state index contributed by atoms with van der Waals surface area (Å²) >= 11 is 0. The van der Waals surface area contributed by atoms with Crippen molar-refractivity contribution < 1.29 is 19.5 Å². The third-order valence-corrected chi connectivity index (χ3v) is 4.45. The zero-order chi connectivity index (χ0) is 18.2. The Hall–Kier alpha value is -1.83. The molecule has 0 aliphatic carbocycles. The summed E-state index contributed by atoms with van der Waals surface area (Å²) in [6.07, 6.45) is 3.28. The van der Waals surface area contributed by atoms with Crippen molar-refractivity contribution in [2.45, 2.75) is 38.8 Å². The van der Waals surface area contributed by atoms with E-state index in [1.807, 2.05) is 12.4 Å². The average Bonchev–Trinajstić information content (AvgIpc) is 2.56. The van der Waals surface area contributed by atoms with E-state index in [0.29, 0.717) is 0 Å². The normalized spacial score (nSPS) is 16.3. The van der Waals surface area contributed by atoms with E-state index in [0.717, 1.165) is 50.4 Å². The first kappa shape index (κ1) is 19.5. The number of amides is 1. The van der Waals surface area contributed by atoms with Gasteiger partial charge in [0, 0.05) is 19.1 Å². The maximum Gasteiger partial charge on any atom is 0.236 e. The minimum absolute atomic E-state index is 0.00358. The molecule has 1 aliphatic heterocycles. The van der Waals surface area contributed by atoms with Gasteiger partial charge in [0.2, 0.25) is 5.91 Å². The second-order valence-corrected chi connectivity index (χ2v) is 6.47. The molecular formula is C18H29N3O4. The molecule has 0 fully saturated rings. The molecule has 1 amide bonds. The van der Waals surface area contributed by atoms with Gasteiger partial charge in [0.1, 0.15) is 0 Å². The summed E-state index contributed by atoms with van der Waals surface area (Å²) in [5.74, 6) is 1.30. The number of methoxy groups -OCH3 is 2. The molecular weight excluding hydrogens is 322 g/mol. The fourth-order valence-electron chi connectivity index (χ4n) is 3.30. The van der Waals surface area contributed by atoms with Crippen molar-refractivity contribution in [1.82, 2.24) is 15.7 Å². The topological polar surface area (TPSA) is 83.1 Å². The number of hydrogen-bond acceptors (Lipinski definition) is 6. The van der Waals surface area contributed by atoms with E-state index >= 15 is 0 Å². The molecule has 0 radical (unpaired) electrons. The highest BCUT2D eigenvalue weighted by molar-refractivity contribution is 5.78. The molecule has 25 heavy (non-hydrogen) atoms.